The Hall–Kier alpha value is -1.25. The van der Waals surface area contributed by atoms with E-state index in [2.05, 4.69) is 20.2 Å². The maximum atomic E-state index is 12.2. The molecule has 1 aliphatic heterocycles. The molecule has 23 heavy (non-hydrogen) atoms. The number of rotatable bonds is 7. The molecule has 2 heterocycles. The molecule has 0 amide bonds. The number of hydrogen-bond acceptors (Lipinski definition) is 5. The molecule has 5 nitrogen and oxygen atoms in total. The van der Waals surface area contributed by atoms with Crippen LogP contribution < -0.4 is 5.32 Å². The Labute approximate surface area is 134 Å². The SMILES string of the molecule is FC(F)(F)COCCN(Cc1cncnc1)[C@H]1CCCNCC1. The smallest absolute Gasteiger partial charge is 0.371 e. The number of aromatic nitrogens is 2. The standard InChI is InChI=1S/C15H23F3N4O/c16-15(17,18)11-23-7-6-22(10-13-8-20-12-21-9-13)14-2-1-4-19-5-3-14/h8-9,12,14,19H,1-7,10-11H2/t14-/m0/s1. The molecule has 0 saturated carbocycles. The van der Waals surface area contributed by atoms with Gasteiger partial charge in [-0.25, -0.2) is 9.97 Å². The van der Waals surface area contributed by atoms with Crippen molar-refractivity contribution in [1.82, 2.24) is 20.2 Å². The first-order valence-corrected chi connectivity index (χ1v) is 7.88. The molecule has 0 aromatic carbocycles. The molecule has 1 aromatic heterocycles. The van der Waals surface area contributed by atoms with Gasteiger partial charge in [-0.05, 0) is 32.4 Å². The number of nitrogens with zero attached hydrogens (tertiary/aromatic N) is 3. The summed E-state index contributed by atoms with van der Waals surface area (Å²) in [5, 5.41) is 3.35. The highest BCUT2D eigenvalue weighted by Crippen LogP contribution is 2.17. The Morgan fingerprint density at radius 3 is 2.74 bits per heavy atom. The third-order valence-corrected chi connectivity index (χ3v) is 3.85. The van der Waals surface area contributed by atoms with Gasteiger partial charge in [0, 0.05) is 37.1 Å². The fraction of sp³-hybridized carbons (Fsp3) is 0.733. The van der Waals surface area contributed by atoms with Gasteiger partial charge in [-0.2, -0.15) is 13.2 Å². The number of nitrogens with one attached hydrogen (secondary N) is 1. The normalized spacial score (nSPS) is 19.7. The van der Waals surface area contributed by atoms with Crippen molar-refractivity contribution in [1.29, 1.82) is 0 Å². The van der Waals surface area contributed by atoms with Crippen LogP contribution in [0.5, 0.6) is 0 Å². The molecule has 0 aliphatic carbocycles. The van der Waals surface area contributed by atoms with Crippen LogP contribution in [0.3, 0.4) is 0 Å². The first kappa shape index (κ1) is 18.1. The van der Waals surface area contributed by atoms with E-state index in [0.29, 0.717) is 19.1 Å². The second-order valence-corrected chi connectivity index (χ2v) is 5.72. The summed E-state index contributed by atoms with van der Waals surface area (Å²) in [6, 6.07) is 0.333. The van der Waals surface area contributed by atoms with Crippen molar-refractivity contribution in [2.24, 2.45) is 0 Å². The van der Waals surface area contributed by atoms with Crippen LogP contribution in [0.15, 0.2) is 18.7 Å². The summed E-state index contributed by atoms with van der Waals surface area (Å²) in [5.74, 6) is 0. The van der Waals surface area contributed by atoms with Crippen molar-refractivity contribution in [2.75, 3.05) is 32.8 Å². The van der Waals surface area contributed by atoms with Gasteiger partial charge in [-0.3, -0.25) is 4.90 Å². The molecule has 1 N–H and O–H groups in total. The van der Waals surface area contributed by atoms with E-state index >= 15 is 0 Å². The van der Waals surface area contributed by atoms with E-state index in [1.807, 2.05) is 0 Å². The quantitative estimate of drug-likeness (QED) is 0.774. The fourth-order valence-electron chi connectivity index (χ4n) is 2.77. The minimum Gasteiger partial charge on any atom is -0.371 e. The molecule has 2 rings (SSSR count). The van der Waals surface area contributed by atoms with E-state index in [1.54, 1.807) is 12.4 Å². The van der Waals surface area contributed by atoms with Crippen LogP contribution >= 0.6 is 0 Å². The lowest BCUT2D eigenvalue weighted by molar-refractivity contribution is -0.175. The molecule has 0 spiro atoms. The van der Waals surface area contributed by atoms with Crippen molar-refractivity contribution in [3.05, 3.63) is 24.3 Å². The third kappa shape index (κ3) is 7.24. The topological polar surface area (TPSA) is 50.3 Å². The lowest BCUT2D eigenvalue weighted by Crippen LogP contribution is -2.38. The van der Waals surface area contributed by atoms with Gasteiger partial charge in [0.05, 0.1) is 6.61 Å². The summed E-state index contributed by atoms with van der Waals surface area (Å²) in [4.78, 5) is 10.2. The van der Waals surface area contributed by atoms with E-state index in [1.165, 1.54) is 6.33 Å². The third-order valence-electron chi connectivity index (χ3n) is 3.85. The molecule has 0 unspecified atom stereocenters. The second-order valence-electron chi connectivity index (χ2n) is 5.72. The summed E-state index contributed by atoms with van der Waals surface area (Å²) >= 11 is 0. The minimum absolute atomic E-state index is 0.0666. The number of alkyl halides is 3. The maximum Gasteiger partial charge on any atom is 0.411 e. The van der Waals surface area contributed by atoms with E-state index < -0.39 is 12.8 Å². The molecular weight excluding hydrogens is 309 g/mol. The molecule has 1 atom stereocenters. The highest BCUT2D eigenvalue weighted by Gasteiger charge is 2.27. The lowest BCUT2D eigenvalue weighted by atomic mass is 10.1. The van der Waals surface area contributed by atoms with Crippen LogP contribution in [-0.2, 0) is 11.3 Å². The van der Waals surface area contributed by atoms with Crippen molar-refractivity contribution >= 4 is 0 Å². The summed E-state index contributed by atoms with van der Waals surface area (Å²) in [6.45, 7) is 1.88. The van der Waals surface area contributed by atoms with Crippen molar-refractivity contribution < 1.29 is 17.9 Å². The van der Waals surface area contributed by atoms with Crippen LogP contribution in [0.2, 0.25) is 0 Å². The summed E-state index contributed by atoms with van der Waals surface area (Å²) < 4.78 is 41.3. The van der Waals surface area contributed by atoms with Crippen molar-refractivity contribution in [2.45, 2.75) is 38.0 Å². The molecule has 0 bridgehead atoms. The first-order chi connectivity index (χ1) is 11.0. The average molecular weight is 332 g/mol. The van der Waals surface area contributed by atoms with Gasteiger partial charge in [0.25, 0.3) is 0 Å². The molecule has 1 saturated heterocycles. The summed E-state index contributed by atoms with van der Waals surface area (Å²) in [7, 11) is 0. The zero-order valence-corrected chi connectivity index (χ0v) is 13.1. The summed E-state index contributed by atoms with van der Waals surface area (Å²) in [6.07, 6.45) is 3.75. The van der Waals surface area contributed by atoms with Gasteiger partial charge in [0.2, 0.25) is 0 Å². The van der Waals surface area contributed by atoms with Crippen LogP contribution in [0, 0.1) is 0 Å². The zero-order chi connectivity index (χ0) is 16.5. The Kier molecular flexibility index (Phi) is 7.19. The Morgan fingerprint density at radius 2 is 2.00 bits per heavy atom. The lowest BCUT2D eigenvalue weighted by Gasteiger charge is -2.30. The van der Waals surface area contributed by atoms with Crippen LogP contribution in [-0.4, -0.2) is 59.9 Å². The molecule has 1 fully saturated rings. The molecular formula is C15H23F3N4O. The minimum atomic E-state index is -4.27. The highest BCUT2D eigenvalue weighted by atomic mass is 19.4. The van der Waals surface area contributed by atoms with Gasteiger partial charge >= 0.3 is 6.18 Å². The first-order valence-electron chi connectivity index (χ1n) is 7.88. The van der Waals surface area contributed by atoms with Gasteiger partial charge < -0.3 is 10.1 Å². The maximum absolute atomic E-state index is 12.2. The van der Waals surface area contributed by atoms with Gasteiger partial charge in [-0.15, -0.1) is 0 Å². The van der Waals surface area contributed by atoms with Crippen molar-refractivity contribution in [3.8, 4) is 0 Å². The average Bonchev–Trinajstić information content (AvgIpc) is 2.79. The monoisotopic (exact) mass is 332 g/mol. The van der Waals surface area contributed by atoms with Crippen LogP contribution in [0.25, 0.3) is 0 Å². The van der Waals surface area contributed by atoms with Gasteiger partial charge in [0.1, 0.15) is 12.9 Å². The fourth-order valence-corrected chi connectivity index (χ4v) is 2.77. The number of halogens is 3. The second kappa shape index (κ2) is 9.14. The molecule has 1 aliphatic rings. The molecule has 0 radical (unpaired) electrons. The van der Waals surface area contributed by atoms with Crippen LogP contribution in [0.1, 0.15) is 24.8 Å². The predicted octanol–water partition coefficient (Wildman–Crippen LogP) is 2.00. The predicted molar refractivity (Wildman–Crippen MR) is 79.8 cm³/mol. The van der Waals surface area contributed by atoms with E-state index in [-0.39, 0.29) is 6.61 Å². The summed E-state index contributed by atoms with van der Waals surface area (Å²) in [5.41, 5.74) is 0.959. The molecule has 130 valence electrons. The van der Waals surface area contributed by atoms with Gasteiger partial charge in [-0.1, -0.05) is 0 Å². The van der Waals surface area contributed by atoms with E-state index in [0.717, 1.165) is 37.9 Å². The molecule has 1 aromatic rings. The van der Waals surface area contributed by atoms with Gasteiger partial charge in [0.15, 0.2) is 0 Å². The van der Waals surface area contributed by atoms with E-state index in [9.17, 15) is 13.2 Å². The number of hydrogen-bond donors (Lipinski definition) is 1. The van der Waals surface area contributed by atoms with Crippen LogP contribution in [0.4, 0.5) is 13.2 Å². The zero-order valence-electron chi connectivity index (χ0n) is 13.1. The Balaban J connectivity index is 1.90. The van der Waals surface area contributed by atoms with E-state index in [4.69, 9.17) is 4.74 Å². The Bertz CT molecular complexity index is 436. The largest absolute Gasteiger partial charge is 0.411 e. The number of ether oxygens (including phenoxy) is 1. The highest BCUT2D eigenvalue weighted by molar-refractivity contribution is 5.02. The Morgan fingerprint density at radius 1 is 1.22 bits per heavy atom. The van der Waals surface area contributed by atoms with Crippen molar-refractivity contribution in [3.63, 3.8) is 0 Å². The molecule has 8 heteroatoms.